The van der Waals surface area contributed by atoms with E-state index in [0.29, 0.717) is 12.0 Å². The highest BCUT2D eigenvalue weighted by atomic mass is 35.5. The van der Waals surface area contributed by atoms with Gasteiger partial charge in [-0.15, -0.1) is 12.4 Å². The molecule has 1 aliphatic carbocycles. The first kappa shape index (κ1) is 17.7. The largest absolute Gasteiger partial charge is 0.381 e. The van der Waals surface area contributed by atoms with Crippen LogP contribution in [0.25, 0.3) is 0 Å². The van der Waals surface area contributed by atoms with Crippen molar-refractivity contribution in [3.8, 4) is 0 Å². The highest BCUT2D eigenvalue weighted by molar-refractivity contribution is 5.85. The van der Waals surface area contributed by atoms with E-state index in [1.807, 2.05) is 0 Å². The molecule has 1 saturated heterocycles. The van der Waals surface area contributed by atoms with Crippen molar-refractivity contribution < 1.29 is 9.53 Å². The SMILES string of the molecule is CCC1CCCC(NC(=O)C(N)C2CCOCC2)C1.Cl. The van der Waals surface area contributed by atoms with Crippen LogP contribution < -0.4 is 11.1 Å². The summed E-state index contributed by atoms with van der Waals surface area (Å²) < 4.78 is 5.32. The lowest BCUT2D eigenvalue weighted by atomic mass is 9.84. The van der Waals surface area contributed by atoms with Crippen LogP contribution in [0.4, 0.5) is 0 Å². The maximum absolute atomic E-state index is 12.2. The van der Waals surface area contributed by atoms with E-state index in [2.05, 4.69) is 12.2 Å². The van der Waals surface area contributed by atoms with Crippen LogP contribution in [0.3, 0.4) is 0 Å². The molecule has 4 nitrogen and oxygen atoms in total. The fourth-order valence-electron chi connectivity index (χ4n) is 3.38. The standard InChI is InChI=1S/C15H28N2O2.ClH/c1-2-11-4-3-5-13(10-11)17-15(18)14(16)12-6-8-19-9-7-12;/h11-14H,2-10,16H2,1H3,(H,17,18);1H. The van der Waals surface area contributed by atoms with Gasteiger partial charge in [0.25, 0.3) is 0 Å². The molecule has 0 aromatic carbocycles. The molecule has 1 saturated carbocycles. The fourth-order valence-corrected chi connectivity index (χ4v) is 3.38. The number of amides is 1. The Labute approximate surface area is 128 Å². The number of ether oxygens (including phenoxy) is 1. The Balaban J connectivity index is 0.00000200. The Hall–Kier alpha value is -0.320. The van der Waals surface area contributed by atoms with Gasteiger partial charge in [0.15, 0.2) is 0 Å². The van der Waals surface area contributed by atoms with Crippen LogP contribution in [-0.2, 0) is 9.53 Å². The number of hydrogen-bond donors (Lipinski definition) is 2. The van der Waals surface area contributed by atoms with Crippen molar-refractivity contribution in [3.63, 3.8) is 0 Å². The topological polar surface area (TPSA) is 64.4 Å². The number of nitrogens with two attached hydrogens (primary N) is 1. The average Bonchev–Trinajstić information content (AvgIpc) is 2.47. The highest BCUT2D eigenvalue weighted by Gasteiger charge is 2.29. The molecule has 2 rings (SSSR count). The normalized spacial score (nSPS) is 29.3. The lowest BCUT2D eigenvalue weighted by molar-refractivity contribution is -0.125. The maximum atomic E-state index is 12.2. The number of nitrogens with one attached hydrogen (secondary N) is 1. The Bertz CT molecular complexity index is 296. The Morgan fingerprint density at radius 3 is 2.65 bits per heavy atom. The molecule has 1 aliphatic heterocycles. The molecule has 0 aromatic heterocycles. The molecule has 3 atom stereocenters. The van der Waals surface area contributed by atoms with Crippen LogP contribution in [0.15, 0.2) is 0 Å². The second kappa shape index (κ2) is 8.85. The molecule has 5 heteroatoms. The molecular weight excluding hydrogens is 276 g/mol. The quantitative estimate of drug-likeness (QED) is 0.837. The second-order valence-corrected chi connectivity index (χ2v) is 6.12. The maximum Gasteiger partial charge on any atom is 0.237 e. The summed E-state index contributed by atoms with van der Waals surface area (Å²) in [5.41, 5.74) is 6.11. The van der Waals surface area contributed by atoms with Crippen LogP contribution in [0.5, 0.6) is 0 Å². The monoisotopic (exact) mass is 304 g/mol. The van der Waals surface area contributed by atoms with Gasteiger partial charge in [0.2, 0.25) is 5.91 Å². The van der Waals surface area contributed by atoms with Crippen molar-refractivity contribution >= 4 is 18.3 Å². The molecule has 0 aromatic rings. The van der Waals surface area contributed by atoms with Gasteiger partial charge in [0.05, 0.1) is 6.04 Å². The summed E-state index contributed by atoms with van der Waals surface area (Å²) in [7, 11) is 0. The van der Waals surface area contributed by atoms with E-state index in [1.165, 1.54) is 19.3 Å². The molecule has 118 valence electrons. The average molecular weight is 305 g/mol. The van der Waals surface area contributed by atoms with Crippen molar-refractivity contribution in [1.29, 1.82) is 0 Å². The summed E-state index contributed by atoms with van der Waals surface area (Å²) in [6.07, 6.45) is 7.84. The predicted octanol–water partition coefficient (Wildman–Crippen LogP) is 2.25. The third kappa shape index (κ3) is 4.90. The van der Waals surface area contributed by atoms with Gasteiger partial charge in [0, 0.05) is 19.3 Å². The lowest BCUT2D eigenvalue weighted by Gasteiger charge is -2.32. The van der Waals surface area contributed by atoms with Crippen molar-refractivity contribution in [2.75, 3.05) is 13.2 Å². The minimum atomic E-state index is -0.356. The van der Waals surface area contributed by atoms with Crippen LogP contribution in [0.2, 0.25) is 0 Å². The molecule has 3 N–H and O–H groups in total. The fraction of sp³-hybridized carbons (Fsp3) is 0.933. The summed E-state index contributed by atoms with van der Waals surface area (Å²) >= 11 is 0. The molecule has 0 radical (unpaired) electrons. The van der Waals surface area contributed by atoms with E-state index in [9.17, 15) is 4.79 Å². The number of rotatable bonds is 4. The smallest absolute Gasteiger partial charge is 0.237 e. The van der Waals surface area contributed by atoms with E-state index < -0.39 is 0 Å². The lowest BCUT2D eigenvalue weighted by Crippen LogP contribution is -2.50. The number of carbonyl (C=O) groups excluding carboxylic acids is 1. The summed E-state index contributed by atoms with van der Waals surface area (Å²) in [6, 6.07) is -0.0111. The molecule has 2 aliphatic rings. The van der Waals surface area contributed by atoms with Crippen molar-refractivity contribution in [3.05, 3.63) is 0 Å². The van der Waals surface area contributed by atoms with Crippen LogP contribution in [0.1, 0.15) is 51.9 Å². The summed E-state index contributed by atoms with van der Waals surface area (Å²) in [5, 5.41) is 3.18. The van der Waals surface area contributed by atoms with Gasteiger partial charge >= 0.3 is 0 Å². The molecule has 1 heterocycles. The van der Waals surface area contributed by atoms with Gasteiger partial charge in [-0.2, -0.15) is 0 Å². The number of hydrogen-bond acceptors (Lipinski definition) is 3. The molecule has 1 amide bonds. The van der Waals surface area contributed by atoms with Crippen LogP contribution in [-0.4, -0.2) is 31.2 Å². The van der Waals surface area contributed by atoms with Crippen LogP contribution >= 0.6 is 12.4 Å². The summed E-state index contributed by atoms with van der Waals surface area (Å²) in [6.45, 7) is 3.72. The third-order valence-corrected chi connectivity index (χ3v) is 4.78. The summed E-state index contributed by atoms with van der Waals surface area (Å²) in [4.78, 5) is 12.2. The molecule has 0 bridgehead atoms. The van der Waals surface area contributed by atoms with E-state index in [-0.39, 0.29) is 24.4 Å². The minimum absolute atomic E-state index is 0. The highest BCUT2D eigenvalue weighted by Crippen LogP contribution is 2.27. The number of halogens is 1. The van der Waals surface area contributed by atoms with Crippen molar-refractivity contribution in [1.82, 2.24) is 5.32 Å². The molecule has 20 heavy (non-hydrogen) atoms. The molecule has 2 fully saturated rings. The van der Waals surface area contributed by atoms with E-state index in [4.69, 9.17) is 10.5 Å². The first-order valence-corrected chi connectivity index (χ1v) is 7.84. The van der Waals surface area contributed by atoms with Gasteiger partial charge in [-0.05, 0) is 37.5 Å². The van der Waals surface area contributed by atoms with E-state index in [0.717, 1.165) is 44.8 Å². The third-order valence-electron chi connectivity index (χ3n) is 4.78. The van der Waals surface area contributed by atoms with Gasteiger partial charge in [-0.1, -0.05) is 26.2 Å². The van der Waals surface area contributed by atoms with Crippen LogP contribution in [0, 0.1) is 11.8 Å². The molecule has 3 unspecified atom stereocenters. The van der Waals surface area contributed by atoms with Gasteiger partial charge in [-0.3, -0.25) is 4.79 Å². The number of carbonyl (C=O) groups is 1. The zero-order valence-electron chi connectivity index (χ0n) is 12.5. The molecule has 0 spiro atoms. The zero-order chi connectivity index (χ0) is 13.7. The minimum Gasteiger partial charge on any atom is -0.381 e. The van der Waals surface area contributed by atoms with Gasteiger partial charge < -0.3 is 15.8 Å². The van der Waals surface area contributed by atoms with Gasteiger partial charge in [-0.25, -0.2) is 0 Å². The summed E-state index contributed by atoms with van der Waals surface area (Å²) in [5.74, 6) is 1.12. The Morgan fingerprint density at radius 2 is 2.00 bits per heavy atom. The zero-order valence-corrected chi connectivity index (χ0v) is 13.3. The van der Waals surface area contributed by atoms with E-state index >= 15 is 0 Å². The Morgan fingerprint density at radius 1 is 1.30 bits per heavy atom. The molecular formula is C15H29ClN2O2. The predicted molar refractivity (Wildman–Crippen MR) is 82.9 cm³/mol. The van der Waals surface area contributed by atoms with E-state index in [1.54, 1.807) is 0 Å². The second-order valence-electron chi connectivity index (χ2n) is 6.12. The Kier molecular flexibility index (Phi) is 7.85. The first-order valence-electron chi connectivity index (χ1n) is 7.84. The van der Waals surface area contributed by atoms with Crippen molar-refractivity contribution in [2.24, 2.45) is 17.6 Å². The van der Waals surface area contributed by atoms with Crippen molar-refractivity contribution in [2.45, 2.75) is 64.0 Å². The van der Waals surface area contributed by atoms with Gasteiger partial charge in [0.1, 0.15) is 0 Å². The first-order chi connectivity index (χ1) is 9.20.